The quantitative estimate of drug-likeness (QED) is 0.463. The summed E-state index contributed by atoms with van der Waals surface area (Å²) >= 11 is 5.90. The van der Waals surface area contributed by atoms with E-state index in [2.05, 4.69) is 25.5 Å². The molecule has 0 aliphatic carbocycles. The van der Waals surface area contributed by atoms with E-state index < -0.39 is 5.82 Å². The number of likely N-dealkylation sites (tertiary alicyclic amines) is 1. The van der Waals surface area contributed by atoms with Gasteiger partial charge in [0.25, 0.3) is 0 Å². The molecular weight excluding hydrogens is 473 g/mol. The van der Waals surface area contributed by atoms with Gasteiger partial charge in [0.15, 0.2) is 0 Å². The molecule has 1 amide bonds. The maximum atomic E-state index is 13.5. The SMILES string of the molecule is COc1cc2ncnc(Nc3ccc(F)c(Cl)c3)c2cc1NC(=O)C=CCN1CC2CCC(C1)O2. The molecule has 3 aromatic rings. The third-order valence-electron chi connectivity index (χ3n) is 6.15. The van der Waals surface area contributed by atoms with Gasteiger partial charge in [-0.05, 0) is 37.1 Å². The lowest BCUT2D eigenvalue weighted by Crippen LogP contribution is -2.42. The van der Waals surface area contributed by atoms with Crippen LogP contribution in [0.25, 0.3) is 10.9 Å². The Hall–Kier alpha value is -3.27. The van der Waals surface area contributed by atoms with Gasteiger partial charge in [0, 0.05) is 42.9 Å². The van der Waals surface area contributed by atoms with E-state index in [1.165, 1.54) is 31.6 Å². The number of aromatic nitrogens is 2. The van der Waals surface area contributed by atoms with Crippen LogP contribution in [0.4, 0.5) is 21.6 Å². The van der Waals surface area contributed by atoms with E-state index in [9.17, 15) is 9.18 Å². The van der Waals surface area contributed by atoms with Crippen molar-refractivity contribution in [3.63, 3.8) is 0 Å². The van der Waals surface area contributed by atoms with Crippen LogP contribution >= 0.6 is 11.6 Å². The molecular formula is C25H25ClFN5O3. The largest absolute Gasteiger partial charge is 0.494 e. The molecule has 1 aromatic heterocycles. The minimum Gasteiger partial charge on any atom is -0.494 e. The first-order valence-corrected chi connectivity index (χ1v) is 11.8. The molecule has 2 aliphatic rings. The number of anilines is 3. The molecule has 2 atom stereocenters. The van der Waals surface area contributed by atoms with Crippen LogP contribution in [0.15, 0.2) is 48.8 Å². The van der Waals surface area contributed by atoms with Crippen LogP contribution in [-0.4, -0.2) is 59.7 Å². The summed E-state index contributed by atoms with van der Waals surface area (Å²) in [4.78, 5) is 23.6. The second-order valence-electron chi connectivity index (χ2n) is 8.61. The Balaban J connectivity index is 1.32. The number of fused-ring (bicyclic) bond motifs is 3. The van der Waals surface area contributed by atoms with Crippen LogP contribution in [-0.2, 0) is 9.53 Å². The summed E-state index contributed by atoms with van der Waals surface area (Å²) < 4.78 is 24.9. The van der Waals surface area contributed by atoms with Crippen LogP contribution in [0.3, 0.4) is 0 Å². The molecule has 0 radical (unpaired) electrons. The van der Waals surface area contributed by atoms with Crippen LogP contribution in [0.5, 0.6) is 5.75 Å². The molecule has 0 spiro atoms. The normalized spacial score (nSPS) is 19.9. The van der Waals surface area contributed by atoms with E-state index >= 15 is 0 Å². The van der Waals surface area contributed by atoms with E-state index in [-0.39, 0.29) is 10.9 Å². The van der Waals surface area contributed by atoms with Crippen molar-refractivity contribution in [3.05, 3.63) is 59.7 Å². The molecule has 2 saturated heterocycles. The fraction of sp³-hybridized carbons (Fsp3) is 0.320. The molecule has 3 heterocycles. The average Bonchev–Trinajstić information content (AvgIpc) is 3.19. The van der Waals surface area contributed by atoms with E-state index in [1.807, 2.05) is 6.08 Å². The van der Waals surface area contributed by atoms with E-state index in [0.29, 0.717) is 52.6 Å². The van der Waals surface area contributed by atoms with Crippen molar-refractivity contribution in [2.45, 2.75) is 25.0 Å². The summed E-state index contributed by atoms with van der Waals surface area (Å²) in [5.41, 5.74) is 1.66. The standard InChI is InChI=1S/C25H25ClFN5O3/c1-34-23-11-21-18(25(29-14-28-21)30-15-4-7-20(27)19(26)9-15)10-22(23)31-24(33)3-2-8-32-12-16-5-6-17(13-32)35-16/h2-4,7,9-11,14,16-17H,5-6,8,12-13H2,1H3,(H,31,33)(H,28,29,30). The Morgan fingerprint density at radius 3 is 2.80 bits per heavy atom. The Bertz CT molecular complexity index is 1280. The number of carbonyl (C=O) groups excluding carboxylic acids is 1. The summed E-state index contributed by atoms with van der Waals surface area (Å²) in [7, 11) is 1.53. The van der Waals surface area contributed by atoms with Gasteiger partial charge in [-0.1, -0.05) is 17.7 Å². The number of carbonyl (C=O) groups is 1. The number of hydrogen-bond acceptors (Lipinski definition) is 7. The van der Waals surface area contributed by atoms with Gasteiger partial charge in [0.2, 0.25) is 5.91 Å². The molecule has 35 heavy (non-hydrogen) atoms. The fourth-order valence-corrected chi connectivity index (χ4v) is 4.67. The maximum absolute atomic E-state index is 13.5. The van der Waals surface area contributed by atoms with Gasteiger partial charge < -0.3 is 20.1 Å². The molecule has 0 saturated carbocycles. The Labute approximate surface area is 207 Å². The van der Waals surface area contributed by atoms with E-state index in [4.69, 9.17) is 21.1 Å². The number of benzene rings is 2. The smallest absolute Gasteiger partial charge is 0.248 e. The lowest BCUT2D eigenvalue weighted by molar-refractivity contribution is -0.111. The number of nitrogens with one attached hydrogen (secondary N) is 2. The molecule has 2 fully saturated rings. The molecule has 8 nitrogen and oxygen atoms in total. The molecule has 2 bridgehead atoms. The van der Waals surface area contributed by atoms with Gasteiger partial charge in [0.05, 0.1) is 35.5 Å². The Kier molecular flexibility index (Phi) is 6.81. The van der Waals surface area contributed by atoms with Gasteiger partial charge in [0.1, 0.15) is 23.7 Å². The van der Waals surface area contributed by atoms with Gasteiger partial charge in [-0.15, -0.1) is 0 Å². The predicted octanol–water partition coefficient (Wildman–Crippen LogP) is 4.53. The summed E-state index contributed by atoms with van der Waals surface area (Å²) in [5, 5.41) is 6.66. The van der Waals surface area contributed by atoms with Gasteiger partial charge in [-0.3, -0.25) is 9.69 Å². The molecule has 2 N–H and O–H groups in total. The van der Waals surface area contributed by atoms with Crippen LogP contribution in [0.1, 0.15) is 12.8 Å². The minimum absolute atomic E-state index is 0.000461. The molecule has 2 unspecified atom stereocenters. The van der Waals surface area contributed by atoms with Gasteiger partial charge in [-0.2, -0.15) is 0 Å². The number of morpholine rings is 1. The minimum atomic E-state index is -0.506. The summed E-state index contributed by atoms with van der Waals surface area (Å²) in [6.07, 6.45) is 7.66. The second-order valence-corrected chi connectivity index (χ2v) is 9.02. The first kappa shape index (κ1) is 23.5. The molecule has 182 valence electrons. The molecule has 5 rings (SSSR count). The lowest BCUT2D eigenvalue weighted by atomic mass is 10.1. The van der Waals surface area contributed by atoms with Crippen LogP contribution in [0.2, 0.25) is 5.02 Å². The van der Waals surface area contributed by atoms with Crippen molar-refractivity contribution in [3.8, 4) is 5.75 Å². The highest BCUT2D eigenvalue weighted by Crippen LogP contribution is 2.33. The zero-order valence-corrected chi connectivity index (χ0v) is 19.9. The number of halogens is 2. The van der Waals surface area contributed by atoms with Crippen molar-refractivity contribution < 1.29 is 18.7 Å². The number of methoxy groups -OCH3 is 1. The third-order valence-corrected chi connectivity index (χ3v) is 6.44. The first-order chi connectivity index (χ1) is 17.0. The van der Waals surface area contributed by atoms with Crippen molar-refractivity contribution in [2.75, 3.05) is 37.4 Å². The molecule has 2 aromatic carbocycles. The van der Waals surface area contributed by atoms with Crippen LogP contribution < -0.4 is 15.4 Å². The highest BCUT2D eigenvalue weighted by molar-refractivity contribution is 6.31. The highest BCUT2D eigenvalue weighted by atomic mass is 35.5. The fourth-order valence-electron chi connectivity index (χ4n) is 4.49. The Morgan fingerprint density at radius 1 is 1.26 bits per heavy atom. The maximum Gasteiger partial charge on any atom is 0.248 e. The van der Waals surface area contributed by atoms with Gasteiger partial charge in [-0.25, -0.2) is 14.4 Å². The zero-order valence-electron chi connectivity index (χ0n) is 19.1. The van der Waals surface area contributed by atoms with Crippen molar-refractivity contribution >= 4 is 45.6 Å². The topological polar surface area (TPSA) is 88.6 Å². The number of hydrogen-bond donors (Lipinski definition) is 2. The molecule has 2 aliphatic heterocycles. The summed E-state index contributed by atoms with van der Waals surface area (Å²) in [6.45, 7) is 2.49. The monoisotopic (exact) mass is 497 g/mol. The predicted molar refractivity (Wildman–Crippen MR) is 133 cm³/mol. The summed E-state index contributed by atoms with van der Waals surface area (Å²) in [5.74, 6) is 0.177. The second kappa shape index (κ2) is 10.2. The van der Waals surface area contributed by atoms with Gasteiger partial charge >= 0.3 is 0 Å². The van der Waals surface area contributed by atoms with Crippen LogP contribution in [0, 0.1) is 5.82 Å². The Morgan fingerprint density at radius 2 is 2.06 bits per heavy atom. The lowest BCUT2D eigenvalue weighted by Gasteiger charge is -2.31. The van der Waals surface area contributed by atoms with E-state index in [0.717, 1.165) is 25.9 Å². The first-order valence-electron chi connectivity index (χ1n) is 11.4. The highest BCUT2D eigenvalue weighted by Gasteiger charge is 2.32. The van der Waals surface area contributed by atoms with Crippen molar-refractivity contribution in [1.82, 2.24) is 14.9 Å². The van der Waals surface area contributed by atoms with E-state index in [1.54, 1.807) is 18.2 Å². The number of ether oxygens (including phenoxy) is 2. The third kappa shape index (κ3) is 5.37. The van der Waals surface area contributed by atoms with Crippen molar-refractivity contribution in [1.29, 1.82) is 0 Å². The zero-order chi connectivity index (χ0) is 24.4. The number of nitrogens with zero attached hydrogens (tertiary/aromatic N) is 3. The van der Waals surface area contributed by atoms with Crippen molar-refractivity contribution in [2.24, 2.45) is 0 Å². The molecule has 10 heteroatoms. The number of amides is 1. The average molecular weight is 498 g/mol. The number of rotatable bonds is 7. The summed E-state index contributed by atoms with van der Waals surface area (Å²) in [6, 6.07) is 7.78.